The maximum Gasteiger partial charge on any atom is 0.220 e. The third kappa shape index (κ3) is 41.7. The van der Waals surface area contributed by atoms with Gasteiger partial charge in [0.25, 0.3) is 0 Å². The minimum Gasteiger partial charge on any atom is -0.394 e. The van der Waals surface area contributed by atoms with Crippen LogP contribution in [0.15, 0.2) is 60.8 Å². The number of rotatable bonds is 59. The highest BCUT2D eigenvalue weighted by Gasteiger charge is 2.51. The van der Waals surface area contributed by atoms with Gasteiger partial charge in [-0.1, -0.05) is 280 Å². The normalized spacial score (nSPS) is 23.6. The minimum atomic E-state index is -1.79. The molecule has 0 spiro atoms. The molecular weight excluding hydrogens is 1100 g/mol. The molecule has 2 heterocycles. The lowest BCUT2D eigenvalue weighted by molar-refractivity contribution is -0.359. The van der Waals surface area contributed by atoms with Crippen molar-refractivity contribution in [2.24, 2.45) is 0 Å². The molecule has 0 bridgehead atoms. The monoisotopic (exact) mass is 1230 g/mol. The molecule has 0 aromatic rings. The standard InChI is InChI=1S/C73H133NO13/c1-3-5-7-9-11-13-15-17-19-20-21-22-23-24-25-26-27-28-29-30-31-32-33-34-35-36-37-38-39-40-41-42-43-45-47-49-51-53-55-57-65(78)74-61(62(77)56-54-52-50-48-46-44-18-16-14-12-10-8-6-4-2)60-84-72-70(83)68(81)71(64(59-76)86-72)87-73-69(82)67(80)66(79)63(58-75)85-73/h14-17,20-21,46,48,54,56,61-64,66-73,75-77,79-83H,3-13,18-19,22-45,47,49-53,55,57-60H2,1-2H3,(H,74,78)/b16-14+,17-15-,21-20-,48-46+,56-54+. The number of ether oxygens (including phenoxy) is 4. The fourth-order valence-corrected chi connectivity index (χ4v) is 11.7. The van der Waals surface area contributed by atoms with Crippen LogP contribution in [0, 0.1) is 0 Å². The van der Waals surface area contributed by atoms with Crippen LogP contribution >= 0.6 is 0 Å². The van der Waals surface area contributed by atoms with Crippen molar-refractivity contribution in [2.45, 2.75) is 376 Å². The summed E-state index contributed by atoms with van der Waals surface area (Å²) < 4.78 is 22.8. The second-order valence-electron chi connectivity index (χ2n) is 25.3. The van der Waals surface area contributed by atoms with Gasteiger partial charge in [-0.15, -0.1) is 0 Å². The summed E-state index contributed by atoms with van der Waals surface area (Å²) in [6.07, 6.45) is 60.3. The van der Waals surface area contributed by atoms with Crippen LogP contribution in [0.1, 0.15) is 303 Å². The minimum absolute atomic E-state index is 0.250. The Morgan fingerprint density at radius 1 is 0.414 bits per heavy atom. The van der Waals surface area contributed by atoms with Gasteiger partial charge >= 0.3 is 0 Å². The zero-order valence-corrected chi connectivity index (χ0v) is 55.3. The van der Waals surface area contributed by atoms with E-state index in [1.54, 1.807) is 6.08 Å². The molecule has 14 heteroatoms. The van der Waals surface area contributed by atoms with E-state index in [2.05, 4.69) is 67.8 Å². The first-order valence-corrected chi connectivity index (χ1v) is 36.0. The number of amides is 1. The van der Waals surface area contributed by atoms with E-state index in [1.165, 1.54) is 218 Å². The van der Waals surface area contributed by atoms with Crippen molar-refractivity contribution in [3.63, 3.8) is 0 Å². The lowest BCUT2D eigenvalue weighted by Gasteiger charge is -2.46. The van der Waals surface area contributed by atoms with Crippen LogP contribution in [0.3, 0.4) is 0 Å². The van der Waals surface area contributed by atoms with Crippen LogP contribution in [0.4, 0.5) is 0 Å². The first-order chi connectivity index (χ1) is 42.6. The molecule has 0 aromatic carbocycles. The number of allylic oxidation sites excluding steroid dienone is 9. The lowest BCUT2D eigenvalue weighted by atomic mass is 9.97. The van der Waals surface area contributed by atoms with Gasteiger partial charge in [0.15, 0.2) is 12.6 Å². The van der Waals surface area contributed by atoms with Crippen LogP contribution in [0.25, 0.3) is 0 Å². The molecule has 0 radical (unpaired) electrons. The van der Waals surface area contributed by atoms with Crippen LogP contribution in [-0.4, -0.2) is 140 Å². The molecule has 87 heavy (non-hydrogen) atoms. The zero-order chi connectivity index (χ0) is 63.1. The first-order valence-electron chi connectivity index (χ1n) is 36.0. The van der Waals surface area contributed by atoms with E-state index >= 15 is 0 Å². The Hall–Kier alpha value is -2.31. The van der Waals surface area contributed by atoms with Gasteiger partial charge in [0, 0.05) is 6.42 Å². The molecule has 1 amide bonds. The van der Waals surface area contributed by atoms with Crippen LogP contribution < -0.4 is 5.32 Å². The summed E-state index contributed by atoms with van der Waals surface area (Å²) in [6.45, 7) is 2.76. The fraction of sp³-hybridized carbons (Fsp3) is 0.849. The summed E-state index contributed by atoms with van der Waals surface area (Å²) in [6, 6.07) is -0.937. The zero-order valence-electron chi connectivity index (χ0n) is 55.3. The molecule has 0 aliphatic carbocycles. The van der Waals surface area contributed by atoms with E-state index in [4.69, 9.17) is 18.9 Å². The second kappa shape index (κ2) is 57.6. The van der Waals surface area contributed by atoms with Gasteiger partial charge < -0.3 is 65.1 Å². The summed E-state index contributed by atoms with van der Waals surface area (Å²) in [4.78, 5) is 13.3. The predicted octanol–water partition coefficient (Wildman–Crippen LogP) is 14.8. The molecule has 0 aromatic heterocycles. The Bertz CT molecular complexity index is 1690. The van der Waals surface area contributed by atoms with Gasteiger partial charge in [0.05, 0.1) is 32.0 Å². The number of aliphatic hydroxyl groups is 8. The molecule has 2 aliphatic rings. The molecule has 2 saturated heterocycles. The molecule has 9 N–H and O–H groups in total. The highest BCUT2D eigenvalue weighted by Crippen LogP contribution is 2.30. The highest BCUT2D eigenvalue weighted by molar-refractivity contribution is 5.76. The molecule has 2 rings (SSSR count). The van der Waals surface area contributed by atoms with E-state index < -0.39 is 86.8 Å². The number of carbonyl (C=O) groups is 1. The van der Waals surface area contributed by atoms with Crippen molar-refractivity contribution in [1.82, 2.24) is 5.32 Å². The summed E-state index contributed by atoms with van der Waals surface area (Å²) in [5.41, 5.74) is 0. The molecule has 2 fully saturated rings. The number of nitrogens with one attached hydrogen (secondary N) is 1. The van der Waals surface area contributed by atoms with E-state index in [0.29, 0.717) is 12.8 Å². The van der Waals surface area contributed by atoms with E-state index in [-0.39, 0.29) is 18.9 Å². The average molecular weight is 1230 g/mol. The molecule has 12 atom stereocenters. The fourth-order valence-electron chi connectivity index (χ4n) is 11.7. The molecule has 12 unspecified atom stereocenters. The number of hydrogen-bond donors (Lipinski definition) is 9. The Morgan fingerprint density at radius 3 is 1.21 bits per heavy atom. The van der Waals surface area contributed by atoms with Crippen LogP contribution in [-0.2, 0) is 23.7 Å². The molecule has 2 aliphatic heterocycles. The van der Waals surface area contributed by atoms with Gasteiger partial charge in [-0.25, -0.2) is 0 Å². The third-order valence-corrected chi connectivity index (χ3v) is 17.4. The lowest BCUT2D eigenvalue weighted by Crippen LogP contribution is -2.65. The molecule has 0 saturated carbocycles. The van der Waals surface area contributed by atoms with Crippen molar-refractivity contribution in [3.05, 3.63) is 60.8 Å². The first kappa shape index (κ1) is 80.8. The number of unbranched alkanes of at least 4 members (excludes halogenated alkanes) is 38. The Morgan fingerprint density at radius 2 is 0.770 bits per heavy atom. The SMILES string of the molecule is CCCCCC/C=C/CC/C=C/CC/C=C/C(O)C(COC1OC(CO)C(OC2OC(CO)C(O)C(O)C2O)C(O)C1O)NC(=O)CCCCCCCCCCCCCCCCCCCCCCCCCCCCC/C=C\C/C=C\CCCCCCC. The Balaban J connectivity index is 1.56. The van der Waals surface area contributed by atoms with E-state index in [0.717, 1.165) is 51.4 Å². The molecule has 14 nitrogen and oxygen atoms in total. The number of carbonyl (C=O) groups excluding carboxylic acids is 1. The van der Waals surface area contributed by atoms with Gasteiger partial charge in [-0.3, -0.25) is 4.79 Å². The largest absolute Gasteiger partial charge is 0.394 e. The average Bonchev–Trinajstić information content (AvgIpc) is 3.72. The summed E-state index contributed by atoms with van der Waals surface area (Å²) in [5.74, 6) is -0.250. The van der Waals surface area contributed by atoms with Gasteiger partial charge in [-0.2, -0.15) is 0 Å². The van der Waals surface area contributed by atoms with Crippen LogP contribution in [0.5, 0.6) is 0 Å². The summed E-state index contributed by atoms with van der Waals surface area (Å²) in [5, 5.41) is 87.2. The van der Waals surface area contributed by atoms with Crippen molar-refractivity contribution in [1.29, 1.82) is 0 Å². The second-order valence-corrected chi connectivity index (χ2v) is 25.3. The highest BCUT2D eigenvalue weighted by atomic mass is 16.7. The predicted molar refractivity (Wildman–Crippen MR) is 355 cm³/mol. The van der Waals surface area contributed by atoms with Crippen molar-refractivity contribution in [2.75, 3.05) is 19.8 Å². The smallest absolute Gasteiger partial charge is 0.220 e. The third-order valence-electron chi connectivity index (χ3n) is 17.4. The maximum atomic E-state index is 13.3. The van der Waals surface area contributed by atoms with E-state index in [1.807, 2.05) is 6.08 Å². The van der Waals surface area contributed by atoms with Gasteiger partial charge in [-0.05, 0) is 77.0 Å². The van der Waals surface area contributed by atoms with E-state index in [9.17, 15) is 45.6 Å². The maximum absolute atomic E-state index is 13.3. The van der Waals surface area contributed by atoms with Gasteiger partial charge in [0.1, 0.15) is 48.8 Å². The Kier molecular flexibility index (Phi) is 53.5. The molecule has 508 valence electrons. The summed E-state index contributed by atoms with van der Waals surface area (Å²) >= 11 is 0. The quantitative estimate of drug-likeness (QED) is 0.0204. The Labute approximate surface area is 530 Å². The number of hydrogen-bond acceptors (Lipinski definition) is 13. The van der Waals surface area contributed by atoms with Crippen LogP contribution in [0.2, 0.25) is 0 Å². The molecular formula is C73H133NO13. The van der Waals surface area contributed by atoms with Crippen molar-refractivity contribution < 1.29 is 64.6 Å². The van der Waals surface area contributed by atoms with Crippen molar-refractivity contribution in [3.8, 4) is 0 Å². The van der Waals surface area contributed by atoms with Crippen molar-refractivity contribution >= 4 is 5.91 Å². The summed E-state index contributed by atoms with van der Waals surface area (Å²) in [7, 11) is 0. The number of aliphatic hydroxyl groups excluding tert-OH is 8. The van der Waals surface area contributed by atoms with Gasteiger partial charge in [0.2, 0.25) is 5.91 Å². The topological polar surface area (TPSA) is 228 Å².